The third-order valence-corrected chi connectivity index (χ3v) is 5.91. The van der Waals surface area contributed by atoms with Gasteiger partial charge in [0, 0.05) is 12.6 Å². The minimum Gasteiger partial charge on any atom is -0.394 e. The van der Waals surface area contributed by atoms with Gasteiger partial charge < -0.3 is 14.9 Å². The van der Waals surface area contributed by atoms with Crippen LogP contribution in [-0.4, -0.2) is 75.1 Å². The Morgan fingerprint density at radius 3 is 2.68 bits per heavy atom. The lowest BCUT2D eigenvalue weighted by molar-refractivity contribution is -0.131. The zero-order valence-electron chi connectivity index (χ0n) is 14.6. The van der Waals surface area contributed by atoms with Crippen molar-refractivity contribution in [2.24, 2.45) is 0 Å². The average molecular weight is 373 g/mol. The van der Waals surface area contributed by atoms with Crippen LogP contribution in [0.4, 0.5) is 4.39 Å². The summed E-state index contributed by atoms with van der Waals surface area (Å²) in [6.07, 6.45) is 0.638. The minimum atomic E-state index is -3.92. The number of hydrogen-bond donors (Lipinski definition) is 2. The Kier molecular flexibility index (Phi) is 6.15. The van der Waals surface area contributed by atoms with Crippen molar-refractivity contribution in [1.82, 2.24) is 14.5 Å². The molecule has 0 radical (unpaired) electrons. The summed E-state index contributed by atoms with van der Waals surface area (Å²) in [7, 11) is -0.124. The summed E-state index contributed by atoms with van der Waals surface area (Å²) in [6, 6.07) is 3.26. The van der Waals surface area contributed by atoms with Gasteiger partial charge in [-0.1, -0.05) is 0 Å². The summed E-state index contributed by atoms with van der Waals surface area (Å²) >= 11 is 0. The Balaban J connectivity index is 2.04. The normalized spacial score (nSPS) is 21.1. The number of nitrogens with zero attached hydrogens (tertiary/aromatic N) is 2. The van der Waals surface area contributed by atoms with E-state index in [4.69, 9.17) is 0 Å². The van der Waals surface area contributed by atoms with Gasteiger partial charge in [-0.2, -0.15) is 0 Å². The second-order valence-corrected chi connectivity index (χ2v) is 8.24. The molecular weight excluding hydrogens is 349 g/mol. The zero-order valence-corrected chi connectivity index (χ0v) is 15.4. The van der Waals surface area contributed by atoms with E-state index in [0.717, 1.165) is 12.1 Å². The number of halogens is 1. The number of likely N-dealkylation sites (tertiary alicyclic amines) is 1. The van der Waals surface area contributed by atoms with Gasteiger partial charge in [-0.25, -0.2) is 17.5 Å². The molecule has 1 aromatic rings. The first-order chi connectivity index (χ1) is 11.7. The minimum absolute atomic E-state index is 0.0921. The number of sulfonamides is 1. The van der Waals surface area contributed by atoms with Crippen molar-refractivity contribution in [2.45, 2.75) is 30.3 Å². The number of aliphatic hydroxyl groups excluding tert-OH is 1. The SMILES string of the molecule is Cc1cc(S(=O)(=O)NCC(=O)N2C[C@H](N(C)C)C[C@H]2CO)ccc1F. The summed E-state index contributed by atoms with van der Waals surface area (Å²) < 4.78 is 40.1. The van der Waals surface area contributed by atoms with Crippen molar-refractivity contribution < 1.29 is 22.7 Å². The van der Waals surface area contributed by atoms with E-state index in [1.165, 1.54) is 17.9 Å². The van der Waals surface area contributed by atoms with E-state index >= 15 is 0 Å². The van der Waals surface area contributed by atoms with E-state index < -0.39 is 28.3 Å². The molecule has 0 aromatic heterocycles. The van der Waals surface area contributed by atoms with Crippen LogP contribution >= 0.6 is 0 Å². The number of carbonyl (C=O) groups excluding carboxylic acids is 1. The highest BCUT2D eigenvalue weighted by Gasteiger charge is 2.35. The molecule has 0 saturated carbocycles. The highest BCUT2D eigenvalue weighted by atomic mass is 32.2. The highest BCUT2D eigenvalue weighted by Crippen LogP contribution is 2.21. The van der Waals surface area contributed by atoms with Crippen molar-refractivity contribution in [3.8, 4) is 0 Å². The molecule has 25 heavy (non-hydrogen) atoms. The molecule has 9 heteroatoms. The number of rotatable bonds is 6. The maximum Gasteiger partial charge on any atom is 0.241 e. The Morgan fingerprint density at radius 2 is 2.12 bits per heavy atom. The molecule has 0 spiro atoms. The van der Waals surface area contributed by atoms with Crippen molar-refractivity contribution >= 4 is 15.9 Å². The van der Waals surface area contributed by atoms with Crippen LogP contribution in [0.15, 0.2) is 23.1 Å². The second-order valence-electron chi connectivity index (χ2n) is 6.47. The summed E-state index contributed by atoms with van der Waals surface area (Å²) in [5, 5.41) is 9.46. The summed E-state index contributed by atoms with van der Waals surface area (Å²) in [5.41, 5.74) is 0.211. The summed E-state index contributed by atoms with van der Waals surface area (Å²) in [4.78, 5) is 15.8. The van der Waals surface area contributed by atoms with Gasteiger partial charge in [0.1, 0.15) is 5.82 Å². The molecule has 1 amide bonds. The fourth-order valence-electron chi connectivity index (χ4n) is 2.87. The predicted octanol–water partition coefficient (Wildman–Crippen LogP) is -0.0642. The molecule has 7 nitrogen and oxygen atoms in total. The smallest absolute Gasteiger partial charge is 0.241 e. The fraction of sp³-hybridized carbons (Fsp3) is 0.562. The number of nitrogens with one attached hydrogen (secondary N) is 1. The van der Waals surface area contributed by atoms with Crippen LogP contribution in [0.25, 0.3) is 0 Å². The van der Waals surface area contributed by atoms with Crippen molar-refractivity contribution in [3.63, 3.8) is 0 Å². The van der Waals surface area contributed by atoms with E-state index in [-0.39, 0.29) is 29.1 Å². The van der Waals surface area contributed by atoms with Crippen molar-refractivity contribution in [3.05, 3.63) is 29.6 Å². The number of aliphatic hydroxyl groups is 1. The van der Waals surface area contributed by atoms with Gasteiger partial charge in [0.25, 0.3) is 0 Å². The fourth-order valence-corrected chi connectivity index (χ4v) is 3.93. The largest absolute Gasteiger partial charge is 0.394 e. The van der Waals surface area contributed by atoms with Crippen LogP contribution in [0.2, 0.25) is 0 Å². The van der Waals surface area contributed by atoms with Gasteiger partial charge in [0.15, 0.2) is 0 Å². The lowest BCUT2D eigenvalue weighted by Gasteiger charge is -2.23. The van der Waals surface area contributed by atoms with Gasteiger partial charge in [-0.3, -0.25) is 4.79 Å². The molecule has 1 aliphatic rings. The monoisotopic (exact) mass is 373 g/mol. The molecule has 2 N–H and O–H groups in total. The van der Waals surface area contributed by atoms with Crippen LogP contribution < -0.4 is 4.72 Å². The first kappa shape index (κ1) is 19.8. The Morgan fingerprint density at radius 1 is 1.44 bits per heavy atom. The van der Waals surface area contributed by atoms with E-state index in [9.17, 15) is 22.7 Å². The number of likely N-dealkylation sites (N-methyl/N-ethyl adjacent to an activating group) is 1. The molecular formula is C16H24FN3O4S. The quantitative estimate of drug-likeness (QED) is 0.729. The summed E-state index contributed by atoms with van der Waals surface area (Å²) in [5.74, 6) is -0.890. The Hall–Kier alpha value is -1.55. The van der Waals surface area contributed by atoms with Gasteiger partial charge >= 0.3 is 0 Å². The van der Waals surface area contributed by atoms with Crippen LogP contribution in [0.5, 0.6) is 0 Å². The van der Waals surface area contributed by atoms with Gasteiger partial charge in [-0.05, 0) is 51.2 Å². The van der Waals surface area contributed by atoms with Crippen LogP contribution in [-0.2, 0) is 14.8 Å². The lowest BCUT2D eigenvalue weighted by atomic mass is 10.2. The first-order valence-electron chi connectivity index (χ1n) is 7.98. The van der Waals surface area contributed by atoms with E-state index in [0.29, 0.717) is 13.0 Å². The third-order valence-electron chi connectivity index (χ3n) is 4.51. The number of amides is 1. The van der Waals surface area contributed by atoms with Gasteiger partial charge in [-0.15, -0.1) is 0 Å². The maximum atomic E-state index is 13.3. The number of benzene rings is 1. The van der Waals surface area contributed by atoms with Crippen LogP contribution in [0.3, 0.4) is 0 Å². The predicted molar refractivity (Wildman–Crippen MR) is 91.0 cm³/mol. The molecule has 1 heterocycles. The molecule has 0 unspecified atom stereocenters. The maximum absolute atomic E-state index is 13.3. The highest BCUT2D eigenvalue weighted by molar-refractivity contribution is 7.89. The van der Waals surface area contributed by atoms with Crippen LogP contribution in [0.1, 0.15) is 12.0 Å². The Labute approximate surface area is 147 Å². The molecule has 2 rings (SSSR count). The summed E-state index contributed by atoms with van der Waals surface area (Å²) in [6.45, 7) is 1.33. The second kappa shape index (κ2) is 7.77. The van der Waals surface area contributed by atoms with E-state index in [1.54, 1.807) is 0 Å². The molecule has 2 atom stereocenters. The average Bonchev–Trinajstić information content (AvgIpc) is 3.00. The first-order valence-corrected chi connectivity index (χ1v) is 9.46. The Bertz CT molecular complexity index is 739. The zero-order chi connectivity index (χ0) is 18.8. The topological polar surface area (TPSA) is 90.0 Å². The molecule has 1 saturated heterocycles. The number of hydrogen-bond acceptors (Lipinski definition) is 5. The molecule has 1 fully saturated rings. The lowest BCUT2D eigenvalue weighted by Crippen LogP contribution is -2.44. The standard InChI is InChI=1S/C16H24FN3O4S/c1-11-6-14(4-5-15(11)17)25(23,24)18-8-16(22)20-9-12(19(2)3)7-13(20)10-21/h4-6,12-13,18,21H,7-10H2,1-3H3/t12-,13+/m1/s1. The van der Waals surface area contributed by atoms with Crippen LogP contribution in [0, 0.1) is 12.7 Å². The number of aryl methyl sites for hydroxylation is 1. The third kappa shape index (κ3) is 4.55. The van der Waals surface area contributed by atoms with E-state index in [2.05, 4.69) is 4.72 Å². The van der Waals surface area contributed by atoms with Gasteiger partial charge in [0.05, 0.1) is 24.1 Å². The molecule has 140 valence electrons. The molecule has 0 bridgehead atoms. The van der Waals surface area contributed by atoms with Crippen molar-refractivity contribution in [2.75, 3.05) is 33.8 Å². The molecule has 0 aliphatic carbocycles. The van der Waals surface area contributed by atoms with Crippen molar-refractivity contribution in [1.29, 1.82) is 0 Å². The number of carbonyl (C=O) groups is 1. The van der Waals surface area contributed by atoms with E-state index in [1.807, 2.05) is 19.0 Å². The molecule has 1 aromatic carbocycles. The molecule has 1 aliphatic heterocycles. The van der Waals surface area contributed by atoms with Gasteiger partial charge in [0.2, 0.25) is 15.9 Å².